The van der Waals surface area contributed by atoms with E-state index in [9.17, 15) is 4.79 Å². The van der Waals surface area contributed by atoms with E-state index in [4.69, 9.17) is 0 Å². The molecule has 1 amide bonds. The number of hydrogen-bond donors (Lipinski definition) is 0. The summed E-state index contributed by atoms with van der Waals surface area (Å²) in [6, 6.07) is 0.661. The van der Waals surface area contributed by atoms with Crippen molar-refractivity contribution in [2.45, 2.75) is 46.6 Å². The van der Waals surface area contributed by atoms with Gasteiger partial charge in [0.15, 0.2) is 0 Å². The molecule has 1 aliphatic rings. The molecule has 1 heterocycles. The van der Waals surface area contributed by atoms with Crippen LogP contribution in [0.2, 0.25) is 0 Å². The average Bonchev–Trinajstić information content (AvgIpc) is 2.27. The van der Waals surface area contributed by atoms with Crippen LogP contribution in [0.25, 0.3) is 0 Å². The lowest BCUT2D eigenvalue weighted by molar-refractivity contribution is -0.136. The largest absolute Gasteiger partial charge is 0.342 e. The number of hydrogen-bond acceptors (Lipinski definition) is 2. The molecule has 3 nitrogen and oxygen atoms in total. The second kappa shape index (κ2) is 6.39. The Morgan fingerprint density at radius 1 is 1.24 bits per heavy atom. The molecule has 0 spiro atoms. The van der Waals surface area contributed by atoms with Gasteiger partial charge in [0.05, 0.1) is 0 Å². The molecule has 17 heavy (non-hydrogen) atoms. The molecule has 1 fully saturated rings. The number of carbonyl (C=O) groups is 1. The Bertz CT molecular complexity index is 243. The van der Waals surface area contributed by atoms with E-state index in [-0.39, 0.29) is 5.92 Å². The van der Waals surface area contributed by atoms with Crippen molar-refractivity contribution in [3.8, 4) is 0 Å². The second-order valence-electron chi connectivity index (χ2n) is 6.04. The molecule has 0 aromatic rings. The SMILES string of the molecule is CC(C)CN(C)C1CCN(C(=O)C(C)C)CC1. The average molecular weight is 240 g/mol. The van der Waals surface area contributed by atoms with Crippen LogP contribution in [-0.4, -0.2) is 48.4 Å². The smallest absolute Gasteiger partial charge is 0.225 e. The minimum Gasteiger partial charge on any atom is -0.342 e. The highest BCUT2D eigenvalue weighted by Crippen LogP contribution is 2.18. The minimum absolute atomic E-state index is 0.139. The summed E-state index contributed by atoms with van der Waals surface area (Å²) in [5.74, 6) is 1.17. The van der Waals surface area contributed by atoms with Gasteiger partial charge in [-0.2, -0.15) is 0 Å². The number of amides is 1. The lowest BCUT2D eigenvalue weighted by Crippen LogP contribution is -2.47. The molecule has 0 atom stereocenters. The minimum atomic E-state index is 0.139. The van der Waals surface area contributed by atoms with Crippen molar-refractivity contribution in [1.29, 1.82) is 0 Å². The van der Waals surface area contributed by atoms with Crippen LogP contribution in [0.3, 0.4) is 0 Å². The second-order valence-corrected chi connectivity index (χ2v) is 6.04. The van der Waals surface area contributed by atoms with Gasteiger partial charge in [0.1, 0.15) is 0 Å². The quantitative estimate of drug-likeness (QED) is 0.752. The van der Waals surface area contributed by atoms with Gasteiger partial charge in [-0.25, -0.2) is 0 Å². The van der Waals surface area contributed by atoms with Crippen molar-refractivity contribution in [2.75, 3.05) is 26.7 Å². The molecule has 0 aliphatic carbocycles. The van der Waals surface area contributed by atoms with Gasteiger partial charge in [-0.15, -0.1) is 0 Å². The zero-order valence-corrected chi connectivity index (χ0v) is 12.1. The summed E-state index contributed by atoms with van der Waals surface area (Å²) in [4.78, 5) is 16.4. The van der Waals surface area contributed by atoms with E-state index in [1.807, 2.05) is 18.7 Å². The van der Waals surface area contributed by atoms with Crippen LogP contribution in [0.5, 0.6) is 0 Å². The normalized spacial score (nSPS) is 18.5. The molecule has 1 rings (SSSR count). The van der Waals surface area contributed by atoms with E-state index < -0.39 is 0 Å². The summed E-state index contributed by atoms with van der Waals surface area (Å²) in [7, 11) is 2.21. The molecule has 0 radical (unpaired) electrons. The summed E-state index contributed by atoms with van der Waals surface area (Å²) in [5, 5.41) is 0. The highest BCUT2D eigenvalue weighted by Gasteiger charge is 2.26. The fraction of sp³-hybridized carbons (Fsp3) is 0.929. The third-order valence-electron chi connectivity index (χ3n) is 3.55. The maximum atomic E-state index is 11.9. The summed E-state index contributed by atoms with van der Waals surface area (Å²) < 4.78 is 0. The van der Waals surface area contributed by atoms with E-state index >= 15 is 0 Å². The van der Waals surface area contributed by atoms with Gasteiger partial charge < -0.3 is 9.80 Å². The molecule has 0 saturated carbocycles. The van der Waals surface area contributed by atoms with Gasteiger partial charge >= 0.3 is 0 Å². The van der Waals surface area contributed by atoms with Crippen molar-refractivity contribution >= 4 is 5.91 Å². The Balaban J connectivity index is 2.37. The maximum Gasteiger partial charge on any atom is 0.225 e. The van der Waals surface area contributed by atoms with E-state index in [0.29, 0.717) is 11.9 Å². The predicted octanol–water partition coefficient (Wildman–Crippen LogP) is 2.22. The van der Waals surface area contributed by atoms with Crippen molar-refractivity contribution in [2.24, 2.45) is 11.8 Å². The molecule has 1 saturated heterocycles. The zero-order valence-electron chi connectivity index (χ0n) is 12.1. The van der Waals surface area contributed by atoms with E-state index in [2.05, 4.69) is 25.8 Å². The molecule has 100 valence electrons. The fourth-order valence-electron chi connectivity index (χ4n) is 2.62. The van der Waals surface area contributed by atoms with Crippen LogP contribution >= 0.6 is 0 Å². The highest BCUT2D eigenvalue weighted by atomic mass is 16.2. The molecular formula is C14H28N2O. The Kier molecular flexibility index (Phi) is 5.44. The Morgan fingerprint density at radius 3 is 2.18 bits per heavy atom. The highest BCUT2D eigenvalue weighted by molar-refractivity contribution is 5.78. The van der Waals surface area contributed by atoms with E-state index in [1.54, 1.807) is 0 Å². The molecule has 0 unspecified atom stereocenters. The van der Waals surface area contributed by atoms with E-state index in [0.717, 1.165) is 38.4 Å². The van der Waals surface area contributed by atoms with Crippen molar-refractivity contribution in [1.82, 2.24) is 9.80 Å². The molecule has 0 bridgehead atoms. The van der Waals surface area contributed by atoms with Crippen LogP contribution in [-0.2, 0) is 4.79 Å². The number of piperidine rings is 1. The van der Waals surface area contributed by atoms with Crippen LogP contribution < -0.4 is 0 Å². The van der Waals surface area contributed by atoms with Crippen molar-refractivity contribution in [3.63, 3.8) is 0 Å². The topological polar surface area (TPSA) is 23.6 Å². The monoisotopic (exact) mass is 240 g/mol. The van der Waals surface area contributed by atoms with Gasteiger partial charge in [0, 0.05) is 31.6 Å². The number of nitrogens with zero attached hydrogens (tertiary/aromatic N) is 2. The van der Waals surface area contributed by atoms with Crippen LogP contribution in [0.15, 0.2) is 0 Å². The number of likely N-dealkylation sites (tertiary alicyclic amines) is 1. The van der Waals surface area contributed by atoms with Gasteiger partial charge in [0.25, 0.3) is 0 Å². The predicted molar refractivity (Wildman–Crippen MR) is 71.9 cm³/mol. The Labute approximate surface area is 106 Å². The van der Waals surface area contributed by atoms with Crippen LogP contribution in [0.4, 0.5) is 0 Å². The summed E-state index contributed by atoms with van der Waals surface area (Å²) in [5.41, 5.74) is 0. The van der Waals surface area contributed by atoms with E-state index in [1.165, 1.54) is 0 Å². The summed E-state index contributed by atoms with van der Waals surface area (Å²) >= 11 is 0. The first kappa shape index (κ1) is 14.5. The lowest BCUT2D eigenvalue weighted by atomic mass is 10.0. The van der Waals surface area contributed by atoms with Gasteiger partial charge in [-0.05, 0) is 25.8 Å². The molecule has 0 aromatic carbocycles. The van der Waals surface area contributed by atoms with Crippen molar-refractivity contribution < 1.29 is 4.79 Å². The Morgan fingerprint density at radius 2 is 1.76 bits per heavy atom. The molecule has 0 N–H and O–H groups in total. The van der Waals surface area contributed by atoms with Gasteiger partial charge in [-0.1, -0.05) is 27.7 Å². The Hall–Kier alpha value is -0.570. The van der Waals surface area contributed by atoms with Crippen LogP contribution in [0, 0.1) is 11.8 Å². The van der Waals surface area contributed by atoms with Gasteiger partial charge in [0.2, 0.25) is 5.91 Å². The fourth-order valence-corrected chi connectivity index (χ4v) is 2.62. The first-order chi connectivity index (χ1) is 7.91. The van der Waals surface area contributed by atoms with Crippen LogP contribution in [0.1, 0.15) is 40.5 Å². The molecule has 3 heteroatoms. The molecule has 0 aromatic heterocycles. The summed E-state index contributed by atoms with van der Waals surface area (Å²) in [6.07, 6.45) is 2.25. The number of carbonyl (C=O) groups excluding carboxylic acids is 1. The molecule has 1 aliphatic heterocycles. The lowest BCUT2D eigenvalue weighted by Gasteiger charge is -2.38. The molecular weight excluding hydrogens is 212 g/mol. The van der Waals surface area contributed by atoms with Gasteiger partial charge in [-0.3, -0.25) is 4.79 Å². The standard InChI is InChI=1S/C14H28N2O/c1-11(2)10-15(5)13-6-8-16(9-7-13)14(17)12(3)4/h11-13H,6-10H2,1-5H3. The zero-order chi connectivity index (χ0) is 13.0. The summed E-state index contributed by atoms with van der Waals surface area (Å²) in [6.45, 7) is 11.5. The first-order valence-corrected chi connectivity index (χ1v) is 6.90. The third-order valence-corrected chi connectivity index (χ3v) is 3.55. The first-order valence-electron chi connectivity index (χ1n) is 6.90. The van der Waals surface area contributed by atoms with Crippen molar-refractivity contribution in [3.05, 3.63) is 0 Å². The third kappa shape index (κ3) is 4.30. The maximum absolute atomic E-state index is 11.9. The number of rotatable bonds is 4.